The summed E-state index contributed by atoms with van der Waals surface area (Å²) < 4.78 is 0. The number of nitrogens with zero attached hydrogens (tertiary/aromatic N) is 2. The quantitative estimate of drug-likeness (QED) is 0.384. The van der Waals surface area contributed by atoms with Gasteiger partial charge >= 0.3 is 0 Å². The third-order valence-corrected chi connectivity index (χ3v) is 3.87. The fourth-order valence-corrected chi connectivity index (χ4v) is 2.73. The smallest absolute Gasteiger partial charge is 0.254 e. The van der Waals surface area contributed by atoms with Crippen molar-refractivity contribution in [3.8, 4) is 0 Å². The van der Waals surface area contributed by atoms with E-state index in [0.717, 1.165) is 25.8 Å². The van der Waals surface area contributed by atoms with E-state index in [1.54, 1.807) is 24.3 Å². The molecule has 108 valence electrons. The summed E-state index contributed by atoms with van der Waals surface area (Å²) in [6.45, 7) is 2.92. The van der Waals surface area contributed by atoms with E-state index in [-0.39, 0.29) is 11.7 Å². The van der Waals surface area contributed by atoms with Crippen LogP contribution in [0.3, 0.4) is 0 Å². The van der Waals surface area contributed by atoms with Crippen LogP contribution in [-0.4, -0.2) is 34.4 Å². The molecule has 1 heterocycles. The number of carbonyl (C=O) groups is 1. The van der Waals surface area contributed by atoms with Crippen LogP contribution in [0.5, 0.6) is 0 Å². The fraction of sp³-hybridized carbons (Fsp3) is 0.467. The number of likely N-dealkylation sites (tertiary alicyclic amines) is 1. The summed E-state index contributed by atoms with van der Waals surface area (Å²) >= 11 is 0. The number of carbonyl (C=O) groups excluding carboxylic acids is 1. The van der Waals surface area contributed by atoms with Gasteiger partial charge in [0, 0.05) is 23.7 Å². The molecule has 1 amide bonds. The lowest BCUT2D eigenvalue weighted by Crippen LogP contribution is -2.43. The number of rotatable bonds is 3. The Morgan fingerprint density at radius 2 is 2.20 bits per heavy atom. The van der Waals surface area contributed by atoms with Crippen LogP contribution in [0.25, 0.3) is 0 Å². The Hall–Kier alpha value is -2.04. The lowest BCUT2D eigenvalue weighted by Gasteiger charge is -2.35. The van der Waals surface area contributed by atoms with Crippen LogP contribution >= 0.6 is 0 Å². The first-order valence-corrected chi connectivity index (χ1v) is 7.06. The van der Waals surface area contributed by atoms with Crippen LogP contribution in [0.2, 0.25) is 0 Å². The summed E-state index contributed by atoms with van der Waals surface area (Å²) in [5.74, 6) is 0.0504. The minimum atomic E-state index is 0.0188. The van der Waals surface area contributed by atoms with E-state index in [2.05, 4.69) is 12.1 Å². The maximum Gasteiger partial charge on any atom is 0.254 e. The topological polar surface area (TPSA) is 78.9 Å². The zero-order chi connectivity index (χ0) is 14.5. The van der Waals surface area contributed by atoms with Gasteiger partial charge in [0.15, 0.2) is 5.84 Å². The van der Waals surface area contributed by atoms with Gasteiger partial charge < -0.3 is 15.8 Å². The van der Waals surface area contributed by atoms with Crippen LogP contribution in [0, 0.1) is 0 Å². The van der Waals surface area contributed by atoms with Crippen molar-refractivity contribution in [2.75, 3.05) is 6.54 Å². The minimum Gasteiger partial charge on any atom is -0.409 e. The van der Waals surface area contributed by atoms with Gasteiger partial charge in [-0.15, -0.1) is 0 Å². The second-order valence-electron chi connectivity index (χ2n) is 5.12. The number of hydrogen-bond acceptors (Lipinski definition) is 3. The number of amidine groups is 1. The molecular formula is C15H21N3O2. The molecule has 20 heavy (non-hydrogen) atoms. The molecule has 1 fully saturated rings. The van der Waals surface area contributed by atoms with E-state index >= 15 is 0 Å². The highest BCUT2D eigenvalue weighted by molar-refractivity contribution is 6.01. The summed E-state index contributed by atoms with van der Waals surface area (Å²) in [5, 5.41) is 11.7. The van der Waals surface area contributed by atoms with Crippen molar-refractivity contribution in [1.82, 2.24) is 4.90 Å². The van der Waals surface area contributed by atoms with Crippen LogP contribution in [0.4, 0.5) is 0 Å². The van der Waals surface area contributed by atoms with Gasteiger partial charge in [0.1, 0.15) is 0 Å². The Labute approximate surface area is 119 Å². The standard InChI is InChI=1S/C15H21N3O2/c1-2-13-8-3-4-9-18(13)15(19)12-7-5-6-11(10-12)14(16)17-20/h5-7,10,13,20H,2-4,8-9H2,1H3,(H2,16,17). The Bertz CT molecular complexity index is 514. The molecule has 1 atom stereocenters. The first-order valence-electron chi connectivity index (χ1n) is 7.06. The SMILES string of the molecule is CCC1CCCCN1C(=O)c1cccc(/C(N)=N/O)c1. The molecule has 5 nitrogen and oxygen atoms in total. The predicted molar refractivity (Wildman–Crippen MR) is 77.9 cm³/mol. The zero-order valence-corrected chi connectivity index (χ0v) is 11.7. The maximum absolute atomic E-state index is 12.6. The number of oxime groups is 1. The van der Waals surface area contributed by atoms with Crippen molar-refractivity contribution in [2.45, 2.75) is 38.6 Å². The number of nitrogens with two attached hydrogens (primary N) is 1. The molecule has 5 heteroatoms. The van der Waals surface area contributed by atoms with Crippen molar-refractivity contribution in [3.63, 3.8) is 0 Å². The number of hydrogen-bond donors (Lipinski definition) is 2. The average Bonchev–Trinajstić information content (AvgIpc) is 2.53. The Morgan fingerprint density at radius 3 is 2.90 bits per heavy atom. The monoisotopic (exact) mass is 275 g/mol. The van der Waals surface area contributed by atoms with Crippen LogP contribution in [0.1, 0.15) is 48.5 Å². The molecule has 0 radical (unpaired) electrons. The number of piperidine rings is 1. The van der Waals surface area contributed by atoms with Gasteiger partial charge in [0.25, 0.3) is 5.91 Å². The second-order valence-corrected chi connectivity index (χ2v) is 5.12. The minimum absolute atomic E-state index is 0.0188. The third-order valence-electron chi connectivity index (χ3n) is 3.87. The van der Waals surface area contributed by atoms with Crippen LogP contribution in [-0.2, 0) is 0 Å². The highest BCUT2D eigenvalue weighted by atomic mass is 16.4. The molecule has 1 unspecified atom stereocenters. The van der Waals surface area contributed by atoms with E-state index in [1.807, 2.05) is 4.90 Å². The van der Waals surface area contributed by atoms with Gasteiger partial charge in [-0.2, -0.15) is 0 Å². The molecule has 1 aromatic carbocycles. The molecule has 0 aromatic heterocycles. The molecule has 0 spiro atoms. The maximum atomic E-state index is 12.6. The van der Waals surface area contributed by atoms with Crippen molar-refractivity contribution >= 4 is 11.7 Å². The predicted octanol–water partition coefficient (Wildman–Crippen LogP) is 2.19. The summed E-state index contributed by atoms with van der Waals surface area (Å²) in [6, 6.07) is 7.25. The average molecular weight is 275 g/mol. The lowest BCUT2D eigenvalue weighted by atomic mass is 9.98. The normalized spacial score (nSPS) is 19.9. The molecule has 0 saturated carbocycles. The van der Waals surface area contributed by atoms with Crippen molar-refractivity contribution in [1.29, 1.82) is 0 Å². The van der Waals surface area contributed by atoms with Gasteiger partial charge in [-0.05, 0) is 37.8 Å². The summed E-state index contributed by atoms with van der Waals surface area (Å²) in [4.78, 5) is 14.6. The molecule has 2 rings (SSSR count). The van der Waals surface area contributed by atoms with Crippen molar-refractivity contribution < 1.29 is 10.0 Å². The van der Waals surface area contributed by atoms with E-state index in [4.69, 9.17) is 10.9 Å². The van der Waals surface area contributed by atoms with Gasteiger partial charge in [-0.3, -0.25) is 4.79 Å². The van der Waals surface area contributed by atoms with E-state index in [9.17, 15) is 4.79 Å². The highest BCUT2D eigenvalue weighted by Gasteiger charge is 2.26. The van der Waals surface area contributed by atoms with E-state index in [1.165, 1.54) is 6.42 Å². The first kappa shape index (κ1) is 14.4. The Balaban J connectivity index is 2.24. The van der Waals surface area contributed by atoms with Crippen molar-refractivity contribution in [3.05, 3.63) is 35.4 Å². The van der Waals surface area contributed by atoms with Crippen molar-refractivity contribution in [2.24, 2.45) is 10.9 Å². The molecule has 0 bridgehead atoms. The number of benzene rings is 1. The zero-order valence-electron chi connectivity index (χ0n) is 11.7. The van der Waals surface area contributed by atoms with Gasteiger partial charge in [-0.25, -0.2) is 0 Å². The number of amides is 1. The molecule has 0 aliphatic carbocycles. The van der Waals surface area contributed by atoms with Gasteiger partial charge in [0.05, 0.1) is 0 Å². The Morgan fingerprint density at radius 1 is 1.45 bits per heavy atom. The molecular weight excluding hydrogens is 254 g/mol. The van der Waals surface area contributed by atoms with Gasteiger partial charge in [0.2, 0.25) is 0 Å². The summed E-state index contributed by atoms with van der Waals surface area (Å²) in [5.41, 5.74) is 6.72. The fourth-order valence-electron chi connectivity index (χ4n) is 2.73. The molecule has 1 saturated heterocycles. The van der Waals surface area contributed by atoms with Gasteiger partial charge in [-0.1, -0.05) is 24.2 Å². The molecule has 1 aromatic rings. The lowest BCUT2D eigenvalue weighted by molar-refractivity contribution is 0.0608. The summed E-state index contributed by atoms with van der Waals surface area (Å²) in [6.07, 6.45) is 4.29. The molecule has 1 aliphatic heterocycles. The third kappa shape index (κ3) is 2.92. The Kier molecular flexibility index (Phi) is 4.61. The molecule has 1 aliphatic rings. The molecule has 3 N–H and O–H groups in total. The summed E-state index contributed by atoms with van der Waals surface area (Å²) in [7, 11) is 0. The van der Waals surface area contributed by atoms with E-state index in [0.29, 0.717) is 17.2 Å². The second kappa shape index (κ2) is 6.41. The highest BCUT2D eigenvalue weighted by Crippen LogP contribution is 2.22. The first-order chi connectivity index (χ1) is 9.67. The van der Waals surface area contributed by atoms with Crippen LogP contribution in [0.15, 0.2) is 29.4 Å². The largest absolute Gasteiger partial charge is 0.409 e. The van der Waals surface area contributed by atoms with Crippen LogP contribution < -0.4 is 5.73 Å². The van der Waals surface area contributed by atoms with E-state index < -0.39 is 0 Å².